The molecule has 0 bridgehead atoms. The van der Waals surface area contributed by atoms with Crippen molar-refractivity contribution in [1.82, 2.24) is 4.90 Å². The van der Waals surface area contributed by atoms with Crippen LogP contribution in [0.1, 0.15) is 24.4 Å². The molecule has 0 N–H and O–H groups in total. The average Bonchev–Trinajstić information content (AvgIpc) is 2.62. The second-order valence-corrected chi connectivity index (χ2v) is 3.85. The summed E-state index contributed by atoms with van der Waals surface area (Å²) in [5, 5.41) is 10.5. The molecule has 16 heavy (non-hydrogen) atoms. The Balaban J connectivity index is 3.04. The molecular formula is C9H11BrN2O4. The van der Waals surface area contributed by atoms with E-state index in [9.17, 15) is 14.9 Å². The lowest BCUT2D eigenvalue weighted by atomic mass is 10.3. The Labute approximate surface area is 100 Å². The van der Waals surface area contributed by atoms with Gasteiger partial charge in [0.1, 0.15) is 4.92 Å². The monoisotopic (exact) mass is 290 g/mol. The van der Waals surface area contributed by atoms with E-state index >= 15 is 0 Å². The van der Waals surface area contributed by atoms with Crippen LogP contribution in [0.25, 0.3) is 0 Å². The summed E-state index contributed by atoms with van der Waals surface area (Å²) in [6, 6.07) is 1.18. The molecule has 1 heterocycles. The Kier molecular flexibility index (Phi) is 4.05. The maximum atomic E-state index is 11.8. The molecule has 0 saturated heterocycles. The van der Waals surface area contributed by atoms with Crippen LogP contribution in [0.3, 0.4) is 0 Å². The van der Waals surface area contributed by atoms with E-state index < -0.39 is 10.8 Å². The van der Waals surface area contributed by atoms with Crippen LogP contribution in [0.5, 0.6) is 0 Å². The van der Waals surface area contributed by atoms with Crippen molar-refractivity contribution in [3.05, 3.63) is 26.4 Å². The van der Waals surface area contributed by atoms with Crippen molar-refractivity contribution in [2.24, 2.45) is 0 Å². The lowest BCUT2D eigenvalue weighted by molar-refractivity contribution is -0.402. The highest BCUT2D eigenvalue weighted by Gasteiger charge is 2.25. The molecule has 0 aliphatic carbocycles. The van der Waals surface area contributed by atoms with E-state index in [0.717, 1.165) is 0 Å². The van der Waals surface area contributed by atoms with Gasteiger partial charge < -0.3 is 9.32 Å². The van der Waals surface area contributed by atoms with Gasteiger partial charge in [-0.25, -0.2) is 0 Å². The van der Waals surface area contributed by atoms with Crippen molar-refractivity contribution in [3.8, 4) is 0 Å². The van der Waals surface area contributed by atoms with Crippen molar-refractivity contribution >= 4 is 27.7 Å². The Morgan fingerprint density at radius 1 is 1.56 bits per heavy atom. The molecule has 0 unspecified atom stereocenters. The molecule has 0 spiro atoms. The fourth-order valence-corrected chi connectivity index (χ4v) is 1.69. The van der Waals surface area contributed by atoms with Crippen LogP contribution in [0, 0.1) is 10.1 Å². The molecule has 0 aliphatic rings. The zero-order valence-electron chi connectivity index (χ0n) is 8.90. The van der Waals surface area contributed by atoms with Crippen LogP contribution in [-0.4, -0.2) is 28.8 Å². The van der Waals surface area contributed by atoms with Gasteiger partial charge in [0.05, 0.1) is 10.5 Å². The summed E-state index contributed by atoms with van der Waals surface area (Å²) in [6.07, 6.45) is 0. The highest BCUT2D eigenvalue weighted by Crippen LogP contribution is 2.27. The smallest absolute Gasteiger partial charge is 0.394 e. The largest absolute Gasteiger partial charge is 0.434 e. The normalized spacial score (nSPS) is 10.2. The van der Waals surface area contributed by atoms with E-state index in [1.54, 1.807) is 0 Å². The number of rotatable bonds is 4. The van der Waals surface area contributed by atoms with Gasteiger partial charge in [-0.1, -0.05) is 0 Å². The summed E-state index contributed by atoms with van der Waals surface area (Å²) in [5.41, 5.74) is 0. The van der Waals surface area contributed by atoms with E-state index in [2.05, 4.69) is 15.9 Å². The fourth-order valence-electron chi connectivity index (χ4n) is 1.25. The number of hydrogen-bond donors (Lipinski definition) is 0. The van der Waals surface area contributed by atoms with E-state index in [4.69, 9.17) is 4.42 Å². The third-order valence-electron chi connectivity index (χ3n) is 2.10. The Morgan fingerprint density at radius 3 is 2.50 bits per heavy atom. The molecule has 1 aromatic heterocycles. The first kappa shape index (κ1) is 12.7. The number of nitrogens with zero attached hydrogens (tertiary/aromatic N) is 2. The fraction of sp³-hybridized carbons (Fsp3) is 0.444. The Hall–Kier alpha value is -1.37. The molecule has 0 saturated carbocycles. The average molecular weight is 291 g/mol. The molecule has 0 aromatic carbocycles. The van der Waals surface area contributed by atoms with Crippen molar-refractivity contribution in [2.75, 3.05) is 13.1 Å². The van der Waals surface area contributed by atoms with Crippen LogP contribution in [-0.2, 0) is 0 Å². The predicted octanol–water partition coefficient (Wildman–Crippen LogP) is 2.43. The number of halogens is 1. The number of hydrogen-bond acceptors (Lipinski definition) is 4. The highest BCUT2D eigenvalue weighted by atomic mass is 79.9. The molecule has 0 fully saturated rings. The third kappa shape index (κ3) is 2.41. The number of amides is 1. The summed E-state index contributed by atoms with van der Waals surface area (Å²) in [5.74, 6) is -0.831. The van der Waals surface area contributed by atoms with Gasteiger partial charge in [0.2, 0.25) is 5.76 Å². The van der Waals surface area contributed by atoms with E-state index in [1.165, 1.54) is 11.0 Å². The first-order chi connectivity index (χ1) is 7.51. The summed E-state index contributed by atoms with van der Waals surface area (Å²) in [7, 11) is 0. The summed E-state index contributed by atoms with van der Waals surface area (Å²) >= 11 is 3.07. The zero-order chi connectivity index (χ0) is 12.3. The quantitative estimate of drug-likeness (QED) is 0.630. The first-order valence-electron chi connectivity index (χ1n) is 4.74. The molecule has 1 rings (SSSR count). The minimum atomic E-state index is -0.677. The number of carbonyl (C=O) groups is 1. The van der Waals surface area contributed by atoms with Gasteiger partial charge in [-0.05, 0) is 29.8 Å². The van der Waals surface area contributed by atoms with Crippen LogP contribution in [0.2, 0.25) is 0 Å². The SMILES string of the molecule is CCN(CC)C(=O)c1oc([N+](=O)[O-])cc1Br. The zero-order valence-corrected chi connectivity index (χ0v) is 10.5. The number of nitro groups is 1. The van der Waals surface area contributed by atoms with Gasteiger partial charge in [-0.3, -0.25) is 14.9 Å². The Bertz CT molecular complexity index is 412. The second kappa shape index (κ2) is 5.11. The summed E-state index contributed by atoms with van der Waals surface area (Å²) in [4.78, 5) is 23.2. The van der Waals surface area contributed by atoms with Gasteiger partial charge in [0.25, 0.3) is 5.91 Å². The van der Waals surface area contributed by atoms with Crippen molar-refractivity contribution in [2.45, 2.75) is 13.8 Å². The van der Waals surface area contributed by atoms with E-state index in [1.807, 2.05) is 13.8 Å². The van der Waals surface area contributed by atoms with E-state index in [-0.39, 0.29) is 11.7 Å². The standard InChI is InChI=1S/C9H11BrN2O4/c1-3-11(4-2)9(13)8-6(10)5-7(16-8)12(14)15/h5H,3-4H2,1-2H3. The van der Waals surface area contributed by atoms with Crippen LogP contribution >= 0.6 is 15.9 Å². The Morgan fingerprint density at radius 2 is 2.12 bits per heavy atom. The summed E-state index contributed by atoms with van der Waals surface area (Å²) in [6.45, 7) is 4.70. The maximum Gasteiger partial charge on any atom is 0.434 e. The van der Waals surface area contributed by atoms with Gasteiger partial charge >= 0.3 is 5.88 Å². The van der Waals surface area contributed by atoms with Crippen molar-refractivity contribution < 1.29 is 14.1 Å². The number of furan rings is 1. The first-order valence-corrected chi connectivity index (χ1v) is 5.53. The van der Waals surface area contributed by atoms with Crippen molar-refractivity contribution in [1.29, 1.82) is 0 Å². The predicted molar refractivity (Wildman–Crippen MR) is 60.3 cm³/mol. The molecule has 1 amide bonds. The topological polar surface area (TPSA) is 76.6 Å². The molecule has 88 valence electrons. The van der Waals surface area contributed by atoms with Gasteiger partial charge in [0.15, 0.2) is 0 Å². The van der Waals surface area contributed by atoms with Gasteiger partial charge in [-0.2, -0.15) is 0 Å². The van der Waals surface area contributed by atoms with Crippen LogP contribution in [0.15, 0.2) is 15.0 Å². The van der Waals surface area contributed by atoms with Crippen LogP contribution < -0.4 is 0 Å². The molecule has 7 heteroatoms. The number of carbonyl (C=O) groups excluding carboxylic acids is 1. The lowest BCUT2D eigenvalue weighted by Gasteiger charge is -2.16. The molecule has 0 atom stereocenters. The minimum Gasteiger partial charge on any atom is -0.394 e. The minimum absolute atomic E-state index is 0.0320. The third-order valence-corrected chi connectivity index (χ3v) is 2.69. The van der Waals surface area contributed by atoms with E-state index in [0.29, 0.717) is 17.6 Å². The van der Waals surface area contributed by atoms with Crippen LogP contribution in [0.4, 0.5) is 5.88 Å². The second-order valence-electron chi connectivity index (χ2n) is 3.00. The maximum absolute atomic E-state index is 11.8. The molecule has 6 nitrogen and oxygen atoms in total. The molecule has 0 aliphatic heterocycles. The molecule has 0 radical (unpaired) electrons. The van der Waals surface area contributed by atoms with Gasteiger partial charge in [0, 0.05) is 13.1 Å². The van der Waals surface area contributed by atoms with Gasteiger partial charge in [-0.15, -0.1) is 0 Å². The van der Waals surface area contributed by atoms with Crippen molar-refractivity contribution in [3.63, 3.8) is 0 Å². The highest BCUT2D eigenvalue weighted by molar-refractivity contribution is 9.10. The summed E-state index contributed by atoms with van der Waals surface area (Å²) < 4.78 is 5.19. The molecular weight excluding hydrogens is 280 g/mol. The lowest BCUT2D eigenvalue weighted by Crippen LogP contribution is -2.30. The molecule has 1 aromatic rings.